The van der Waals surface area contributed by atoms with Crippen LogP contribution in [0.4, 0.5) is 0 Å². The third-order valence-corrected chi connectivity index (χ3v) is 3.01. The highest BCUT2D eigenvalue weighted by Crippen LogP contribution is 2.08. The maximum absolute atomic E-state index is 11.7. The fourth-order valence-electron chi connectivity index (χ4n) is 1.71. The maximum atomic E-state index is 11.7. The van der Waals surface area contributed by atoms with Gasteiger partial charge in [-0.1, -0.05) is 26.0 Å². The van der Waals surface area contributed by atoms with Crippen molar-refractivity contribution in [3.63, 3.8) is 0 Å². The summed E-state index contributed by atoms with van der Waals surface area (Å²) in [6.07, 6.45) is 4.23. The molecular weight excluding hydrogens is 264 g/mol. The van der Waals surface area contributed by atoms with Gasteiger partial charge in [0.25, 0.3) is 5.91 Å². The predicted molar refractivity (Wildman–Crippen MR) is 86.0 cm³/mol. The van der Waals surface area contributed by atoms with Crippen molar-refractivity contribution in [3.05, 3.63) is 41.5 Å². The van der Waals surface area contributed by atoms with Crippen molar-refractivity contribution in [2.45, 2.75) is 20.3 Å². The fraction of sp³-hybridized carbons (Fsp3) is 0.412. The Kier molecular flexibility index (Phi) is 6.66. The van der Waals surface area contributed by atoms with Crippen molar-refractivity contribution in [1.82, 2.24) is 10.2 Å². The Bertz CT molecular complexity index is 502. The first-order valence-electron chi connectivity index (χ1n) is 7.17. The number of amides is 2. The van der Waals surface area contributed by atoms with E-state index in [4.69, 9.17) is 0 Å². The Morgan fingerprint density at radius 2 is 1.81 bits per heavy atom. The molecule has 0 bridgehead atoms. The summed E-state index contributed by atoms with van der Waals surface area (Å²) in [6, 6.07) is 7.18. The van der Waals surface area contributed by atoms with E-state index in [1.54, 1.807) is 32.3 Å². The number of carbonyl (C=O) groups is 2. The average Bonchev–Trinajstić information content (AvgIpc) is 2.44. The van der Waals surface area contributed by atoms with Gasteiger partial charge < -0.3 is 10.2 Å². The average molecular weight is 288 g/mol. The second-order valence-corrected chi connectivity index (χ2v) is 5.63. The molecule has 1 aromatic rings. The van der Waals surface area contributed by atoms with Crippen molar-refractivity contribution < 1.29 is 9.59 Å². The number of benzene rings is 1. The van der Waals surface area contributed by atoms with Gasteiger partial charge in [0, 0.05) is 32.3 Å². The largest absolute Gasteiger partial charge is 0.353 e. The standard InChI is InChI=1S/C17H24N2O2/c1-13(2)11-12-18-16(20)10-7-14-5-8-15(9-6-14)17(21)19(3)4/h5-10,13H,11-12H2,1-4H3,(H,18,20)/b10-7+. The van der Waals surface area contributed by atoms with E-state index in [1.807, 2.05) is 12.1 Å². The molecule has 21 heavy (non-hydrogen) atoms. The molecule has 1 rings (SSSR count). The van der Waals surface area contributed by atoms with E-state index in [-0.39, 0.29) is 11.8 Å². The van der Waals surface area contributed by atoms with E-state index >= 15 is 0 Å². The molecular formula is C17H24N2O2. The van der Waals surface area contributed by atoms with Gasteiger partial charge in [0.2, 0.25) is 5.91 Å². The minimum atomic E-state index is -0.0934. The van der Waals surface area contributed by atoms with Crippen LogP contribution in [0.3, 0.4) is 0 Å². The van der Waals surface area contributed by atoms with E-state index in [9.17, 15) is 9.59 Å². The number of nitrogens with one attached hydrogen (secondary N) is 1. The third kappa shape index (κ3) is 6.25. The van der Waals surface area contributed by atoms with Crippen molar-refractivity contribution in [2.24, 2.45) is 5.92 Å². The van der Waals surface area contributed by atoms with E-state index in [0.717, 1.165) is 12.0 Å². The SMILES string of the molecule is CC(C)CCNC(=O)/C=C/c1ccc(C(=O)N(C)C)cc1. The number of nitrogens with zero attached hydrogens (tertiary/aromatic N) is 1. The molecule has 0 spiro atoms. The number of carbonyl (C=O) groups excluding carboxylic acids is 2. The first-order chi connectivity index (χ1) is 9.90. The van der Waals surface area contributed by atoms with Crippen LogP contribution in [0.1, 0.15) is 36.2 Å². The minimum Gasteiger partial charge on any atom is -0.353 e. The predicted octanol–water partition coefficient (Wildman–Crippen LogP) is 2.56. The molecule has 0 radical (unpaired) electrons. The van der Waals surface area contributed by atoms with Gasteiger partial charge in [-0.25, -0.2) is 0 Å². The Morgan fingerprint density at radius 3 is 2.33 bits per heavy atom. The molecule has 1 aromatic carbocycles. The monoisotopic (exact) mass is 288 g/mol. The summed E-state index contributed by atoms with van der Waals surface area (Å²) >= 11 is 0. The first-order valence-corrected chi connectivity index (χ1v) is 7.17. The number of rotatable bonds is 6. The zero-order chi connectivity index (χ0) is 15.8. The molecule has 0 fully saturated rings. The van der Waals surface area contributed by atoms with Gasteiger partial charge in [-0.05, 0) is 36.1 Å². The topological polar surface area (TPSA) is 49.4 Å². The summed E-state index contributed by atoms with van der Waals surface area (Å²) in [5.41, 5.74) is 1.53. The summed E-state index contributed by atoms with van der Waals surface area (Å²) in [5, 5.41) is 2.84. The molecule has 0 saturated heterocycles. The van der Waals surface area contributed by atoms with Gasteiger partial charge >= 0.3 is 0 Å². The lowest BCUT2D eigenvalue weighted by Crippen LogP contribution is -2.23. The fourth-order valence-corrected chi connectivity index (χ4v) is 1.71. The number of hydrogen-bond acceptors (Lipinski definition) is 2. The van der Waals surface area contributed by atoms with Crippen LogP contribution in [0.2, 0.25) is 0 Å². The van der Waals surface area contributed by atoms with Crippen molar-refractivity contribution in [2.75, 3.05) is 20.6 Å². The molecule has 0 aliphatic carbocycles. The zero-order valence-electron chi connectivity index (χ0n) is 13.2. The maximum Gasteiger partial charge on any atom is 0.253 e. The van der Waals surface area contributed by atoms with Gasteiger partial charge in [0.15, 0.2) is 0 Å². The van der Waals surface area contributed by atoms with E-state index < -0.39 is 0 Å². The van der Waals surface area contributed by atoms with Crippen LogP contribution in [0.15, 0.2) is 30.3 Å². The highest BCUT2D eigenvalue weighted by atomic mass is 16.2. The van der Waals surface area contributed by atoms with Gasteiger partial charge in [-0.15, -0.1) is 0 Å². The molecule has 0 heterocycles. The summed E-state index contributed by atoms with van der Waals surface area (Å²) in [4.78, 5) is 24.9. The number of hydrogen-bond donors (Lipinski definition) is 1. The van der Waals surface area contributed by atoms with E-state index in [0.29, 0.717) is 18.0 Å². The molecule has 0 aromatic heterocycles. The van der Waals surface area contributed by atoms with Crippen LogP contribution < -0.4 is 5.32 Å². The molecule has 0 atom stereocenters. The minimum absolute atomic E-state index is 0.0306. The van der Waals surface area contributed by atoms with Gasteiger partial charge in [-0.2, -0.15) is 0 Å². The molecule has 0 aliphatic rings. The lowest BCUT2D eigenvalue weighted by molar-refractivity contribution is -0.116. The Labute approximate surface area is 126 Å². The van der Waals surface area contributed by atoms with Crippen LogP contribution in [0.25, 0.3) is 6.08 Å². The molecule has 0 unspecified atom stereocenters. The zero-order valence-corrected chi connectivity index (χ0v) is 13.2. The van der Waals surface area contributed by atoms with Crippen LogP contribution in [0.5, 0.6) is 0 Å². The van der Waals surface area contributed by atoms with Crippen molar-refractivity contribution in [3.8, 4) is 0 Å². The van der Waals surface area contributed by atoms with Crippen LogP contribution >= 0.6 is 0 Å². The molecule has 4 nitrogen and oxygen atoms in total. The van der Waals surface area contributed by atoms with Crippen molar-refractivity contribution >= 4 is 17.9 Å². The Morgan fingerprint density at radius 1 is 1.19 bits per heavy atom. The van der Waals surface area contributed by atoms with E-state index in [2.05, 4.69) is 19.2 Å². The summed E-state index contributed by atoms with van der Waals surface area (Å²) in [7, 11) is 3.44. The summed E-state index contributed by atoms with van der Waals surface area (Å²) < 4.78 is 0. The molecule has 1 N–H and O–H groups in total. The molecule has 0 aliphatic heterocycles. The molecule has 2 amide bonds. The Balaban J connectivity index is 2.53. The van der Waals surface area contributed by atoms with Crippen molar-refractivity contribution in [1.29, 1.82) is 0 Å². The van der Waals surface area contributed by atoms with Gasteiger partial charge in [0.05, 0.1) is 0 Å². The highest BCUT2D eigenvalue weighted by Gasteiger charge is 2.06. The summed E-state index contributed by atoms with van der Waals surface area (Å²) in [5.74, 6) is 0.456. The Hall–Kier alpha value is -2.10. The highest BCUT2D eigenvalue weighted by molar-refractivity contribution is 5.94. The van der Waals surface area contributed by atoms with Crippen LogP contribution in [-0.2, 0) is 4.79 Å². The normalized spacial score (nSPS) is 10.9. The molecule has 0 saturated carbocycles. The second-order valence-electron chi connectivity index (χ2n) is 5.63. The molecule has 4 heteroatoms. The first kappa shape index (κ1) is 17.0. The van der Waals surface area contributed by atoms with Gasteiger partial charge in [0.1, 0.15) is 0 Å². The third-order valence-electron chi connectivity index (χ3n) is 3.01. The summed E-state index contributed by atoms with van der Waals surface area (Å²) in [6.45, 7) is 4.94. The second kappa shape index (κ2) is 8.25. The van der Waals surface area contributed by atoms with Crippen LogP contribution in [0, 0.1) is 5.92 Å². The van der Waals surface area contributed by atoms with Gasteiger partial charge in [-0.3, -0.25) is 9.59 Å². The van der Waals surface area contributed by atoms with E-state index in [1.165, 1.54) is 11.0 Å². The lowest BCUT2D eigenvalue weighted by atomic mass is 10.1. The quantitative estimate of drug-likeness (QED) is 0.818. The molecule has 114 valence electrons. The lowest BCUT2D eigenvalue weighted by Gasteiger charge is -2.09. The van der Waals surface area contributed by atoms with Crippen LogP contribution in [-0.4, -0.2) is 37.4 Å². The smallest absolute Gasteiger partial charge is 0.253 e.